The van der Waals surface area contributed by atoms with Gasteiger partial charge < -0.3 is 10.1 Å². The van der Waals surface area contributed by atoms with Gasteiger partial charge in [0.25, 0.3) is 0 Å². The molecule has 1 unspecified atom stereocenters. The van der Waals surface area contributed by atoms with E-state index in [0.717, 1.165) is 34.9 Å². The summed E-state index contributed by atoms with van der Waals surface area (Å²) < 4.78 is 9.76. The Balaban J connectivity index is 2.15. The molecule has 0 aliphatic rings. The summed E-state index contributed by atoms with van der Waals surface area (Å²) >= 11 is 1.40. The summed E-state index contributed by atoms with van der Waals surface area (Å²) in [5, 5.41) is 4.30. The maximum atomic E-state index is 5.47. The third kappa shape index (κ3) is 2.70. The topological polar surface area (TPSA) is 59.9 Å². The first kappa shape index (κ1) is 12.2. The van der Waals surface area contributed by atoms with Crippen LogP contribution in [0.3, 0.4) is 0 Å². The Hall–Kier alpha value is -1.27. The van der Waals surface area contributed by atoms with E-state index in [-0.39, 0.29) is 6.10 Å². The molecule has 5 nitrogen and oxygen atoms in total. The average Bonchev–Trinajstić information content (AvgIpc) is 2.70. The molecule has 2 rings (SSSR count). The number of aromatic nitrogens is 3. The van der Waals surface area contributed by atoms with E-state index in [1.807, 2.05) is 20.8 Å². The minimum absolute atomic E-state index is 0.164. The molecule has 0 amide bonds. The van der Waals surface area contributed by atoms with Gasteiger partial charge in [-0.25, -0.2) is 9.97 Å². The van der Waals surface area contributed by atoms with Crippen molar-refractivity contribution >= 4 is 27.6 Å². The molecule has 1 N–H and O–H groups in total. The maximum absolute atomic E-state index is 5.47. The maximum Gasteiger partial charge on any atom is 0.149 e. The molecule has 2 aromatic rings. The van der Waals surface area contributed by atoms with Crippen LogP contribution < -0.4 is 5.32 Å². The normalized spacial score (nSPS) is 12.9. The average molecular weight is 252 g/mol. The summed E-state index contributed by atoms with van der Waals surface area (Å²) in [6, 6.07) is 0. The largest absolute Gasteiger partial charge is 0.377 e. The zero-order valence-electron chi connectivity index (χ0n) is 10.2. The highest BCUT2D eigenvalue weighted by atomic mass is 32.1. The summed E-state index contributed by atoms with van der Waals surface area (Å²) in [7, 11) is 0. The molecule has 0 saturated carbocycles. The monoisotopic (exact) mass is 252 g/mol. The van der Waals surface area contributed by atoms with Crippen LogP contribution in [-0.4, -0.2) is 33.6 Å². The lowest BCUT2D eigenvalue weighted by molar-refractivity contribution is 0.0855. The molecule has 0 aromatic carbocycles. The number of nitrogens with one attached hydrogen (secondary N) is 1. The number of anilines is 1. The van der Waals surface area contributed by atoms with Crippen molar-refractivity contribution in [1.29, 1.82) is 0 Å². The van der Waals surface area contributed by atoms with E-state index in [4.69, 9.17) is 4.74 Å². The molecule has 92 valence electrons. The van der Waals surface area contributed by atoms with E-state index in [0.29, 0.717) is 0 Å². The molecule has 0 radical (unpaired) electrons. The zero-order chi connectivity index (χ0) is 12.3. The highest BCUT2D eigenvalue weighted by molar-refractivity contribution is 7.13. The second kappa shape index (κ2) is 5.37. The van der Waals surface area contributed by atoms with Crippen molar-refractivity contribution in [3.8, 4) is 0 Å². The number of nitrogens with zero attached hydrogens (tertiary/aromatic N) is 3. The Morgan fingerprint density at radius 2 is 2.29 bits per heavy atom. The van der Waals surface area contributed by atoms with Gasteiger partial charge in [0.05, 0.1) is 17.2 Å². The van der Waals surface area contributed by atoms with E-state index in [9.17, 15) is 0 Å². The summed E-state index contributed by atoms with van der Waals surface area (Å²) in [5.41, 5.74) is 0.970. The van der Waals surface area contributed by atoms with Crippen molar-refractivity contribution in [3.63, 3.8) is 0 Å². The minimum Gasteiger partial charge on any atom is -0.377 e. The number of ether oxygens (including phenoxy) is 1. The Bertz CT molecular complexity index is 499. The summed E-state index contributed by atoms with van der Waals surface area (Å²) in [4.78, 5) is 9.38. The van der Waals surface area contributed by atoms with Gasteiger partial charge in [0.15, 0.2) is 0 Å². The quantitative estimate of drug-likeness (QED) is 0.884. The predicted octanol–water partition coefficient (Wildman–Crippen LogP) is 2.23. The molecule has 2 heterocycles. The van der Waals surface area contributed by atoms with Gasteiger partial charge >= 0.3 is 0 Å². The third-order valence-electron chi connectivity index (χ3n) is 2.45. The molecular formula is C11H16N4OS. The van der Waals surface area contributed by atoms with Crippen LogP contribution in [0.4, 0.5) is 5.82 Å². The second-order valence-corrected chi connectivity index (χ2v) is 4.57. The molecule has 0 fully saturated rings. The fourth-order valence-corrected chi connectivity index (χ4v) is 2.38. The third-order valence-corrected chi connectivity index (χ3v) is 3.30. The SMILES string of the molecule is CCOC(C)CNc1ncnc2snc(C)c12. The van der Waals surface area contributed by atoms with E-state index in [1.54, 1.807) is 6.33 Å². The van der Waals surface area contributed by atoms with Crippen molar-refractivity contribution in [1.82, 2.24) is 14.3 Å². The predicted molar refractivity (Wildman–Crippen MR) is 69.5 cm³/mol. The van der Waals surface area contributed by atoms with Gasteiger partial charge in [-0.15, -0.1) is 0 Å². The van der Waals surface area contributed by atoms with Gasteiger partial charge in [0.2, 0.25) is 0 Å². The Kier molecular flexibility index (Phi) is 3.86. The van der Waals surface area contributed by atoms with E-state index in [1.165, 1.54) is 11.5 Å². The van der Waals surface area contributed by atoms with Crippen LogP contribution in [0.5, 0.6) is 0 Å². The number of fused-ring (bicyclic) bond motifs is 1. The number of hydrogen-bond donors (Lipinski definition) is 1. The highest BCUT2D eigenvalue weighted by Crippen LogP contribution is 2.25. The Labute approximate surface area is 104 Å². The number of hydrogen-bond acceptors (Lipinski definition) is 6. The molecule has 0 bridgehead atoms. The van der Waals surface area contributed by atoms with E-state index in [2.05, 4.69) is 19.7 Å². The van der Waals surface area contributed by atoms with Gasteiger partial charge in [-0.2, -0.15) is 4.37 Å². The van der Waals surface area contributed by atoms with E-state index < -0.39 is 0 Å². The van der Waals surface area contributed by atoms with Gasteiger partial charge in [-0.1, -0.05) is 0 Å². The molecule has 0 saturated heterocycles. The van der Waals surface area contributed by atoms with Gasteiger partial charge in [-0.3, -0.25) is 0 Å². The minimum atomic E-state index is 0.164. The van der Waals surface area contributed by atoms with Crippen LogP contribution in [0.2, 0.25) is 0 Å². The van der Waals surface area contributed by atoms with Crippen LogP contribution in [0.25, 0.3) is 10.2 Å². The Morgan fingerprint density at radius 1 is 1.47 bits per heavy atom. The second-order valence-electron chi connectivity index (χ2n) is 3.82. The smallest absolute Gasteiger partial charge is 0.149 e. The van der Waals surface area contributed by atoms with Crippen LogP contribution in [0, 0.1) is 6.92 Å². The molecule has 0 spiro atoms. The van der Waals surface area contributed by atoms with Crippen LogP contribution in [0.1, 0.15) is 19.5 Å². The van der Waals surface area contributed by atoms with Crippen molar-refractivity contribution < 1.29 is 4.74 Å². The lowest BCUT2D eigenvalue weighted by Crippen LogP contribution is -2.20. The van der Waals surface area contributed by atoms with Crippen molar-refractivity contribution in [2.75, 3.05) is 18.5 Å². The molecule has 17 heavy (non-hydrogen) atoms. The lowest BCUT2D eigenvalue weighted by atomic mass is 10.3. The van der Waals surface area contributed by atoms with Gasteiger partial charge in [0, 0.05) is 13.2 Å². The van der Waals surface area contributed by atoms with Crippen LogP contribution in [0.15, 0.2) is 6.33 Å². The molecule has 6 heteroatoms. The van der Waals surface area contributed by atoms with Crippen molar-refractivity contribution in [2.45, 2.75) is 26.9 Å². The van der Waals surface area contributed by atoms with Crippen molar-refractivity contribution in [3.05, 3.63) is 12.0 Å². The first-order chi connectivity index (χ1) is 8.22. The number of rotatable bonds is 5. The Morgan fingerprint density at radius 3 is 3.06 bits per heavy atom. The van der Waals surface area contributed by atoms with Crippen molar-refractivity contribution in [2.24, 2.45) is 0 Å². The van der Waals surface area contributed by atoms with Crippen LogP contribution in [-0.2, 0) is 4.74 Å². The van der Waals surface area contributed by atoms with Gasteiger partial charge in [0.1, 0.15) is 17.0 Å². The molecule has 2 aromatic heterocycles. The van der Waals surface area contributed by atoms with Crippen LogP contribution >= 0.6 is 11.5 Å². The first-order valence-corrected chi connectivity index (χ1v) is 6.42. The molecule has 0 aliphatic carbocycles. The summed E-state index contributed by atoms with van der Waals surface area (Å²) in [6.45, 7) is 7.45. The summed E-state index contributed by atoms with van der Waals surface area (Å²) in [5.74, 6) is 0.841. The zero-order valence-corrected chi connectivity index (χ0v) is 11.0. The molecule has 1 atom stereocenters. The van der Waals surface area contributed by atoms with Gasteiger partial charge in [-0.05, 0) is 32.3 Å². The fraction of sp³-hybridized carbons (Fsp3) is 0.545. The standard InChI is InChI=1S/C11H16N4OS/c1-4-16-7(2)5-12-10-9-8(3)15-17-11(9)14-6-13-10/h6-7H,4-5H2,1-3H3,(H,12,13,14). The number of aryl methyl sites for hydroxylation is 1. The lowest BCUT2D eigenvalue weighted by Gasteiger charge is -2.13. The summed E-state index contributed by atoms with van der Waals surface area (Å²) in [6.07, 6.45) is 1.73. The first-order valence-electron chi connectivity index (χ1n) is 5.64. The molecule has 0 aliphatic heterocycles. The molecular weight excluding hydrogens is 236 g/mol. The van der Waals surface area contributed by atoms with E-state index >= 15 is 0 Å². The fourth-order valence-electron chi connectivity index (χ4n) is 1.64. The highest BCUT2D eigenvalue weighted by Gasteiger charge is 2.10.